The van der Waals surface area contributed by atoms with Crippen LogP contribution in [0.3, 0.4) is 0 Å². The van der Waals surface area contributed by atoms with Gasteiger partial charge < -0.3 is 14.2 Å². The van der Waals surface area contributed by atoms with Crippen LogP contribution in [0.25, 0.3) is 21.9 Å². The summed E-state index contributed by atoms with van der Waals surface area (Å²) in [6.07, 6.45) is 6.01. The standard InChI is InChI=1S/C16H17NO2/c1-10-12-4-7-19-16(12)14(11-3-2-6-17-9-11)13-5-8-18-15(10)13/h4-5,7-8,11,17H,2-3,6,9H2,1H3. The molecule has 0 radical (unpaired) electrons. The summed E-state index contributed by atoms with van der Waals surface area (Å²) in [5, 5.41) is 5.89. The molecule has 0 saturated carbocycles. The van der Waals surface area contributed by atoms with Gasteiger partial charge in [-0.1, -0.05) is 0 Å². The van der Waals surface area contributed by atoms with Crippen molar-refractivity contribution in [3.8, 4) is 0 Å². The SMILES string of the molecule is Cc1c2ccoc2c(C2CCCNC2)c2ccoc12. The van der Waals surface area contributed by atoms with Crippen LogP contribution in [0.2, 0.25) is 0 Å². The number of aryl methyl sites for hydroxylation is 1. The number of hydrogen-bond donors (Lipinski definition) is 1. The van der Waals surface area contributed by atoms with Crippen LogP contribution in [0.15, 0.2) is 33.5 Å². The number of furan rings is 2. The van der Waals surface area contributed by atoms with Crippen molar-refractivity contribution in [2.24, 2.45) is 0 Å². The van der Waals surface area contributed by atoms with E-state index in [1.807, 2.05) is 6.07 Å². The first-order valence-corrected chi connectivity index (χ1v) is 6.94. The Labute approximate surface area is 111 Å². The molecule has 4 rings (SSSR count). The maximum absolute atomic E-state index is 5.79. The lowest BCUT2D eigenvalue weighted by atomic mass is 9.87. The fourth-order valence-electron chi connectivity index (χ4n) is 3.37. The van der Waals surface area contributed by atoms with Gasteiger partial charge in [0.15, 0.2) is 0 Å². The summed E-state index contributed by atoms with van der Waals surface area (Å²) in [5.74, 6) is 0.517. The van der Waals surface area contributed by atoms with Crippen molar-refractivity contribution < 1.29 is 8.83 Å². The molecule has 0 aliphatic carbocycles. The molecular weight excluding hydrogens is 238 g/mol. The van der Waals surface area contributed by atoms with E-state index < -0.39 is 0 Å². The molecular formula is C16H17NO2. The largest absolute Gasteiger partial charge is 0.464 e. The van der Waals surface area contributed by atoms with Gasteiger partial charge in [-0.05, 0) is 38.4 Å². The highest BCUT2D eigenvalue weighted by Crippen LogP contribution is 2.39. The summed E-state index contributed by atoms with van der Waals surface area (Å²) in [5.41, 5.74) is 4.55. The van der Waals surface area contributed by atoms with Crippen molar-refractivity contribution in [2.45, 2.75) is 25.7 Å². The monoisotopic (exact) mass is 255 g/mol. The third-order valence-electron chi connectivity index (χ3n) is 4.31. The zero-order valence-corrected chi connectivity index (χ0v) is 11.0. The lowest BCUT2D eigenvalue weighted by molar-refractivity contribution is 0.460. The lowest BCUT2D eigenvalue weighted by Gasteiger charge is -2.24. The lowest BCUT2D eigenvalue weighted by Crippen LogP contribution is -2.28. The molecule has 1 aromatic carbocycles. The van der Waals surface area contributed by atoms with E-state index in [0.29, 0.717) is 5.92 Å². The topological polar surface area (TPSA) is 38.3 Å². The van der Waals surface area contributed by atoms with E-state index in [4.69, 9.17) is 8.83 Å². The number of piperidine rings is 1. The number of fused-ring (bicyclic) bond motifs is 2. The average Bonchev–Trinajstić information content (AvgIpc) is 3.09. The van der Waals surface area contributed by atoms with Crippen LogP contribution in [0, 0.1) is 6.92 Å². The molecule has 3 nitrogen and oxygen atoms in total. The van der Waals surface area contributed by atoms with Crippen LogP contribution >= 0.6 is 0 Å². The smallest absolute Gasteiger partial charge is 0.138 e. The summed E-state index contributed by atoms with van der Waals surface area (Å²) < 4.78 is 11.5. The third kappa shape index (κ3) is 1.55. The highest BCUT2D eigenvalue weighted by Gasteiger charge is 2.24. The van der Waals surface area contributed by atoms with Crippen LogP contribution < -0.4 is 5.32 Å². The molecule has 98 valence electrons. The molecule has 19 heavy (non-hydrogen) atoms. The molecule has 0 spiro atoms. The van der Waals surface area contributed by atoms with Crippen LogP contribution in [-0.2, 0) is 0 Å². The molecule has 1 aliphatic rings. The van der Waals surface area contributed by atoms with Crippen LogP contribution in [0.1, 0.15) is 29.9 Å². The molecule has 0 bridgehead atoms. The quantitative estimate of drug-likeness (QED) is 0.715. The molecule has 1 N–H and O–H groups in total. The van der Waals surface area contributed by atoms with Gasteiger partial charge in [-0.3, -0.25) is 0 Å². The van der Waals surface area contributed by atoms with Gasteiger partial charge in [-0.25, -0.2) is 0 Å². The minimum Gasteiger partial charge on any atom is -0.464 e. The predicted octanol–water partition coefficient (Wildman–Crippen LogP) is 3.95. The zero-order valence-electron chi connectivity index (χ0n) is 11.0. The Hall–Kier alpha value is -1.74. The van der Waals surface area contributed by atoms with Gasteiger partial charge in [0, 0.05) is 34.4 Å². The molecule has 1 saturated heterocycles. The van der Waals surface area contributed by atoms with Crippen LogP contribution in [-0.4, -0.2) is 13.1 Å². The van der Waals surface area contributed by atoms with Crippen molar-refractivity contribution in [1.82, 2.24) is 5.32 Å². The fraction of sp³-hybridized carbons (Fsp3) is 0.375. The minimum absolute atomic E-state index is 0.517. The molecule has 3 heteroatoms. The van der Waals surface area contributed by atoms with E-state index in [2.05, 4.69) is 18.3 Å². The number of nitrogens with one attached hydrogen (secondary N) is 1. The van der Waals surface area contributed by atoms with E-state index in [-0.39, 0.29) is 0 Å². The summed E-state index contributed by atoms with van der Waals surface area (Å²) >= 11 is 0. The van der Waals surface area contributed by atoms with Gasteiger partial charge in [0.1, 0.15) is 11.2 Å². The van der Waals surface area contributed by atoms with Crippen molar-refractivity contribution in [2.75, 3.05) is 13.1 Å². The third-order valence-corrected chi connectivity index (χ3v) is 4.31. The summed E-state index contributed by atoms with van der Waals surface area (Å²) in [4.78, 5) is 0. The van der Waals surface area contributed by atoms with Gasteiger partial charge in [-0.15, -0.1) is 0 Å². The molecule has 1 aliphatic heterocycles. The molecule has 3 aromatic rings. The van der Waals surface area contributed by atoms with Gasteiger partial charge >= 0.3 is 0 Å². The van der Waals surface area contributed by atoms with Crippen molar-refractivity contribution in [3.63, 3.8) is 0 Å². The Morgan fingerprint density at radius 3 is 2.68 bits per heavy atom. The first kappa shape index (κ1) is 11.1. The number of rotatable bonds is 1. The molecule has 0 amide bonds. The normalized spacial score (nSPS) is 20.4. The van der Waals surface area contributed by atoms with E-state index in [0.717, 1.165) is 24.3 Å². The van der Waals surface area contributed by atoms with E-state index in [1.54, 1.807) is 12.5 Å². The average molecular weight is 255 g/mol. The first-order valence-electron chi connectivity index (χ1n) is 6.94. The van der Waals surface area contributed by atoms with E-state index >= 15 is 0 Å². The first-order chi connectivity index (χ1) is 9.36. The van der Waals surface area contributed by atoms with Crippen molar-refractivity contribution in [3.05, 3.63) is 35.8 Å². The Kier molecular flexibility index (Phi) is 2.42. The fourth-order valence-corrected chi connectivity index (χ4v) is 3.37. The van der Waals surface area contributed by atoms with Crippen molar-refractivity contribution >= 4 is 21.9 Å². The molecule has 2 aromatic heterocycles. The Morgan fingerprint density at radius 2 is 1.89 bits per heavy atom. The molecule has 3 heterocycles. The number of hydrogen-bond acceptors (Lipinski definition) is 3. The second kappa shape index (κ2) is 4.14. The summed E-state index contributed by atoms with van der Waals surface area (Å²) in [6.45, 7) is 4.25. The number of benzene rings is 1. The Balaban J connectivity index is 2.06. The van der Waals surface area contributed by atoms with Gasteiger partial charge in [-0.2, -0.15) is 0 Å². The van der Waals surface area contributed by atoms with Gasteiger partial charge in [0.2, 0.25) is 0 Å². The molecule has 1 fully saturated rings. The highest BCUT2D eigenvalue weighted by atomic mass is 16.3. The second-order valence-corrected chi connectivity index (χ2v) is 5.41. The Bertz CT molecular complexity index is 680. The maximum Gasteiger partial charge on any atom is 0.138 e. The van der Waals surface area contributed by atoms with Crippen LogP contribution in [0.4, 0.5) is 0 Å². The predicted molar refractivity (Wildman–Crippen MR) is 75.6 cm³/mol. The maximum atomic E-state index is 5.79. The summed E-state index contributed by atoms with van der Waals surface area (Å²) in [7, 11) is 0. The van der Waals surface area contributed by atoms with Crippen molar-refractivity contribution in [1.29, 1.82) is 0 Å². The highest BCUT2D eigenvalue weighted by molar-refractivity contribution is 6.01. The van der Waals surface area contributed by atoms with Crippen LogP contribution in [0.5, 0.6) is 0 Å². The Morgan fingerprint density at radius 1 is 1.11 bits per heavy atom. The molecule has 1 unspecified atom stereocenters. The second-order valence-electron chi connectivity index (χ2n) is 5.41. The van der Waals surface area contributed by atoms with Gasteiger partial charge in [0.05, 0.1) is 12.5 Å². The zero-order chi connectivity index (χ0) is 12.8. The van der Waals surface area contributed by atoms with Gasteiger partial charge in [0.25, 0.3) is 0 Å². The molecule has 1 atom stereocenters. The van der Waals surface area contributed by atoms with E-state index in [9.17, 15) is 0 Å². The summed E-state index contributed by atoms with van der Waals surface area (Å²) in [6, 6.07) is 4.13. The van der Waals surface area contributed by atoms with E-state index in [1.165, 1.54) is 34.7 Å². The minimum atomic E-state index is 0.517.